The van der Waals surface area contributed by atoms with Gasteiger partial charge in [-0.05, 0) is 29.7 Å². The average Bonchev–Trinajstić information content (AvgIpc) is 2.89. The molecular weight excluding hydrogens is 450 g/mol. The minimum absolute atomic E-state index is 0.0861. The molecule has 1 fully saturated rings. The highest BCUT2D eigenvalue weighted by Gasteiger charge is 2.23. The van der Waals surface area contributed by atoms with Gasteiger partial charge in [0.05, 0.1) is 24.0 Å². The summed E-state index contributed by atoms with van der Waals surface area (Å²) in [6.07, 6.45) is 1.51. The number of aromatic nitrogens is 1. The van der Waals surface area contributed by atoms with Crippen molar-refractivity contribution in [2.45, 2.75) is 0 Å². The molecule has 0 unspecified atom stereocenters. The van der Waals surface area contributed by atoms with E-state index in [9.17, 15) is 13.6 Å². The molecule has 1 N–H and O–H groups in total. The number of pyridine rings is 1. The van der Waals surface area contributed by atoms with Crippen LogP contribution in [0.4, 0.5) is 26.0 Å². The Morgan fingerprint density at radius 1 is 0.914 bits per heavy atom. The highest BCUT2D eigenvalue weighted by Crippen LogP contribution is 2.32. The van der Waals surface area contributed by atoms with E-state index in [-0.39, 0.29) is 5.69 Å². The molecule has 1 aromatic heterocycles. The number of rotatable bonds is 5. The van der Waals surface area contributed by atoms with E-state index in [0.717, 1.165) is 61.0 Å². The van der Waals surface area contributed by atoms with Gasteiger partial charge in [0.1, 0.15) is 23.2 Å². The highest BCUT2D eigenvalue weighted by atomic mass is 19.1. The molecule has 6 nitrogen and oxygen atoms in total. The molecule has 0 saturated carbocycles. The van der Waals surface area contributed by atoms with Gasteiger partial charge < -0.3 is 19.9 Å². The maximum atomic E-state index is 14.1. The quantitative estimate of drug-likeness (QED) is 0.436. The summed E-state index contributed by atoms with van der Waals surface area (Å²) in [6.45, 7) is 3.09. The zero-order chi connectivity index (χ0) is 24.4. The van der Waals surface area contributed by atoms with Crippen molar-refractivity contribution in [3.05, 3.63) is 90.1 Å². The third-order valence-corrected chi connectivity index (χ3v) is 6.20. The Morgan fingerprint density at radius 3 is 2.34 bits per heavy atom. The second-order valence-electron chi connectivity index (χ2n) is 8.27. The zero-order valence-corrected chi connectivity index (χ0v) is 19.2. The van der Waals surface area contributed by atoms with Crippen LogP contribution in [0.3, 0.4) is 0 Å². The zero-order valence-electron chi connectivity index (χ0n) is 19.2. The van der Waals surface area contributed by atoms with E-state index in [2.05, 4.69) is 26.2 Å². The van der Waals surface area contributed by atoms with Crippen molar-refractivity contribution < 1.29 is 18.3 Å². The summed E-state index contributed by atoms with van der Waals surface area (Å²) in [5, 5.41) is 4.08. The number of para-hydroxylation sites is 2. The van der Waals surface area contributed by atoms with Crippen molar-refractivity contribution in [1.82, 2.24) is 4.98 Å². The topological polar surface area (TPSA) is 57.7 Å². The first kappa shape index (κ1) is 22.6. The van der Waals surface area contributed by atoms with E-state index in [1.807, 2.05) is 42.5 Å². The number of ether oxygens (including phenoxy) is 1. The molecule has 5 rings (SSSR count). The molecule has 0 spiro atoms. The van der Waals surface area contributed by atoms with Crippen LogP contribution >= 0.6 is 0 Å². The summed E-state index contributed by atoms with van der Waals surface area (Å²) < 4.78 is 32.8. The highest BCUT2D eigenvalue weighted by molar-refractivity contribution is 6.14. The van der Waals surface area contributed by atoms with E-state index in [4.69, 9.17) is 4.74 Å². The molecule has 0 radical (unpaired) electrons. The number of anilines is 3. The number of benzene rings is 3. The predicted molar refractivity (Wildman–Crippen MR) is 133 cm³/mol. The first-order chi connectivity index (χ1) is 17.0. The second kappa shape index (κ2) is 9.58. The maximum Gasteiger partial charge on any atom is 0.257 e. The number of nitrogens with one attached hydrogen (secondary N) is 1. The standard InChI is InChI=1S/C27H24F2N4O2/c1-35-25-9-5-4-8-24(25)32-12-14-33(15-13-32)26-20-7-3-2-6-19(20)21(17-30-26)27(34)31-23-11-10-18(28)16-22(23)29/h2-11,16-17H,12-15H2,1H3,(H,31,34). The van der Waals surface area contributed by atoms with Crippen molar-refractivity contribution in [2.24, 2.45) is 0 Å². The van der Waals surface area contributed by atoms with Crippen molar-refractivity contribution in [1.29, 1.82) is 0 Å². The molecule has 178 valence electrons. The second-order valence-corrected chi connectivity index (χ2v) is 8.27. The summed E-state index contributed by atoms with van der Waals surface area (Å²) in [4.78, 5) is 22.1. The lowest BCUT2D eigenvalue weighted by molar-refractivity contribution is 0.102. The molecule has 1 aliphatic heterocycles. The molecule has 8 heteroatoms. The lowest BCUT2D eigenvalue weighted by atomic mass is 10.1. The van der Waals surface area contributed by atoms with Gasteiger partial charge in [0.25, 0.3) is 5.91 Å². The molecule has 0 bridgehead atoms. The van der Waals surface area contributed by atoms with Gasteiger partial charge in [-0.15, -0.1) is 0 Å². The molecule has 1 saturated heterocycles. The molecule has 0 aliphatic carbocycles. The number of hydrogen-bond donors (Lipinski definition) is 1. The summed E-state index contributed by atoms with van der Waals surface area (Å²) in [5.74, 6) is -0.406. The number of piperazine rings is 1. The van der Waals surface area contributed by atoms with Gasteiger partial charge >= 0.3 is 0 Å². The largest absolute Gasteiger partial charge is 0.495 e. The van der Waals surface area contributed by atoms with Crippen LogP contribution in [0, 0.1) is 11.6 Å². The number of carbonyl (C=O) groups excluding carboxylic acids is 1. The van der Waals surface area contributed by atoms with E-state index in [1.165, 1.54) is 12.3 Å². The monoisotopic (exact) mass is 474 g/mol. The Bertz CT molecular complexity index is 1390. The minimum Gasteiger partial charge on any atom is -0.495 e. The smallest absolute Gasteiger partial charge is 0.257 e. The number of nitrogens with zero attached hydrogens (tertiary/aromatic N) is 3. The van der Waals surface area contributed by atoms with Gasteiger partial charge in [-0.25, -0.2) is 13.8 Å². The first-order valence-corrected chi connectivity index (χ1v) is 11.3. The Kier molecular flexibility index (Phi) is 6.18. The maximum absolute atomic E-state index is 14.1. The first-order valence-electron chi connectivity index (χ1n) is 11.3. The molecule has 35 heavy (non-hydrogen) atoms. The minimum atomic E-state index is -0.833. The molecule has 4 aromatic rings. The van der Waals surface area contributed by atoms with Gasteiger partial charge in [0, 0.05) is 43.8 Å². The fraction of sp³-hybridized carbons (Fsp3) is 0.185. The van der Waals surface area contributed by atoms with E-state index >= 15 is 0 Å². The molecule has 0 atom stereocenters. The number of fused-ring (bicyclic) bond motifs is 1. The van der Waals surface area contributed by atoms with Crippen LogP contribution in [0.5, 0.6) is 5.75 Å². The summed E-state index contributed by atoms with van der Waals surface area (Å²) in [6, 6.07) is 18.5. The molecule has 2 heterocycles. The van der Waals surface area contributed by atoms with E-state index < -0.39 is 17.5 Å². The molecule has 3 aromatic carbocycles. The normalized spacial score (nSPS) is 13.7. The average molecular weight is 475 g/mol. The van der Waals surface area contributed by atoms with Crippen LogP contribution in [0.15, 0.2) is 72.9 Å². The molecule has 1 aliphatic rings. The summed E-state index contributed by atoms with van der Waals surface area (Å²) in [5.41, 5.74) is 1.30. The predicted octanol–water partition coefficient (Wildman–Crippen LogP) is 5.10. The fourth-order valence-electron chi connectivity index (χ4n) is 4.44. The molecule has 1 amide bonds. The number of methoxy groups -OCH3 is 1. The van der Waals surface area contributed by atoms with Crippen LogP contribution in [-0.4, -0.2) is 44.2 Å². The summed E-state index contributed by atoms with van der Waals surface area (Å²) >= 11 is 0. The Hall–Kier alpha value is -4.20. The summed E-state index contributed by atoms with van der Waals surface area (Å²) in [7, 11) is 1.67. The number of hydrogen-bond acceptors (Lipinski definition) is 5. The number of carbonyl (C=O) groups is 1. The van der Waals surface area contributed by atoms with Gasteiger partial charge in [-0.3, -0.25) is 4.79 Å². The number of amides is 1. The third-order valence-electron chi connectivity index (χ3n) is 6.20. The lowest BCUT2D eigenvalue weighted by Crippen LogP contribution is -2.47. The third kappa shape index (κ3) is 4.47. The van der Waals surface area contributed by atoms with Crippen molar-refractivity contribution in [3.63, 3.8) is 0 Å². The Labute approximate surface area is 201 Å². The van der Waals surface area contributed by atoms with Gasteiger partial charge in [0.15, 0.2) is 0 Å². The SMILES string of the molecule is COc1ccccc1N1CCN(c2ncc(C(=O)Nc3ccc(F)cc3F)c3ccccc23)CC1. The van der Waals surface area contributed by atoms with Gasteiger partial charge in [0.2, 0.25) is 0 Å². The van der Waals surface area contributed by atoms with Crippen LogP contribution in [0.25, 0.3) is 10.8 Å². The van der Waals surface area contributed by atoms with Gasteiger partial charge in [-0.1, -0.05) is 36.4 Å². The van der Waals surface area contributed by atoms with Crippen LogP contribution in [0.2, 0.25) is 0 Å². The van der Waals surface area contributed by atoms with E-state index in [1.54, 1.807) is 7.11 Å². The Balaban J connectivity index is 1.39. The van der Waals surface area contributed by atoms with Crippen molar-refractivity contribution >= 4 is 33.9 Å². The van der Waals surface area contributed by atoms with Crippen molar-refractivity contribution in [3.8, 4) is 5.75 Å². The van der Waals surface area contributed by atoms with E-state index in [0.29, 0.717) is 10.9 Å². The fourth-order valence-corrected chi connectivity index (χ4v) is 4.44. The van der Waals surface area contributed by atoms with Crippen LogP contribution in [0.1, 0.15) is 10.4 Å². The van der Waals surface area contributed by atoms with Gasteiger partial charge in [-0.2, -0.15) is 0 Å². The lowest BCUT2D eigenvalue weighted by Gasteiger charge is -2.37. The van der Waals surface area contributed by atoms with Crippen molar-refractivity contribution in [2.75, 3.05) is 48.4 Å². The Morgan fingerprint density at radius 2 is 1.60 bits per heavy atom. The van der Waals surface area contributed by atoms with Crippen LogP contribution < -0.4 is 19.9 Å². The molecular formula is C27H24F2N4O2. The van der Waals surface area contributed by atoms with Crippen LogP contribution in [-0.2, 0) is 0 Å². The number of halogens is 2.